The summed E-state index contributed by atoms with van der Waals surface area (Å²) in [6, 6.07) is 13.8. The zero-order valence-corrected chi connectivity index (χ0v) is 13.0. The largest absolute Gasteiger partial charge is 0.494 e. The van der Waals surface area contributed by atoms with Crippen molar-refractivity contribution in [2.45, 2.75) is 13.3 Å². The molecular formula is C18H20O5. The standard InChI is InChI=1S/C18H20O5/c1-2-21-15-8-10-17(11-9-15)23-13-3-12-22-16-6-4-14(5-7-16)18(19)20/h4-11H,2-3,12-13H2,1H3,(H,19,20). The van der Waals surface area contributed by atoms with Crippen LogP contribution in [0.2, 0.25) is 0 Å². The average molecular weight is 316 g/mol. The van der Waals surface area contributed by atoms with E-state index in [1.54, 1.807) is 12.1 Å². The third-order valence-electron chi connectivity index (χ3n) is 3.06. The summed E-state index contributed by atoms with van der Waals surface area (Å²) in [5.74, 6) is 1.32. The molecule has 0 aliphatic heterocycles. The second-order valence-corrected chi connectivity index (χ2v) is 4.78. The van der Waals surface area contributed by atoms with Crippen LogP contribution in [0.5, 0.6) is 17.2 Å². The van der Waals surface area contributed by atoms with Crippen molar-refractivity contribution in [3.05, 3.63) is 54.1 Å². The van der Waals surface area contributed by atoms with E-state index in [0.29, 0.717) is 25.6 Å². The number of hydrogen-bond acceptors (Lipinski definition) is 4. The molecule has 0 saturated carbocycles. The van der Waals surface area contributed by atoms with Gasteiger partial charge in [0, 0.05) is 6.42 Å². The normalized spacial score (nSPS) is 10.1. The summed E-state index contributed by atoms with van der Waals surface area (Å²) in [6.45, 7) is 3.63. The highest BCUT2D eigenvalue weighted by molar-refractivity contribution is 5.87. The minimum atomic E-state index is -0.944. The molecule has 0 bridgehead atoms. The monoisotopic (exact) mass is 316 g/mol. The van der Waals surface area contributed by atoms with E-state index in [-0.39, 0.29) is 5.56 Å². The highest BCUT2D eigenvalue weighted by Gasteiger charge is 2.02. The van der Waals surface area contributed by atoms with E-state index >= 15 is 0 Å². The van der Waals surface area contributed by atoms with Crippen LogP contribution in [0.25, 0.3) is 0 Å². The van der Waals surface area contributed by atoms with Gasteiger partial charge in [-0.15, -0.1) is 0 Å². The lowest BCUT2D eigenvalue weighted by molar-refractivity contribution is 0.0697. The van der Waals surface area contributed by atoms with Gasteiger partial charge in [-0.2, -0.15) is 0 Å². The summed E-state index contributed by atoms with van der Waals surface area (Å²) in [4.78, 5) is 10.7. The number of rotatable bonds is 9. The molecule has 0 heterocycles. The molecule has 1 N–H and O–H groups in total. The smallest absolute Gasteiger partial charge is 0.335 e. The van der Waals surface area contributed by atoms with Gasteiger partial charge in [0.1, 0.15) is 17.2 Å². The van der Waals surface area contributed by atoms with Crippen LogP contribution in [0.3, 0.4) is 0 Å². The number of aromatic carboxylic acids is 1. The fraction of sp³-hybridized carbons (Fsp3) is 0.278. The molecule has 0 atom stereocenters. The van der Waals surface area contributed by atoms with Crippen molar-refractivity contribution in [2.24, 2.45) is 0 Å². The Morgan fingerprint density at radius 2 is 1.26 bits per heavy atom. The Labute approximate surface area is 135 Å². The molecule has 0 aliphatic rings. The fourth-order valence-electron chi connectivity index (χ4n) is 1.93. The van der Waals surface area contributed by atoms with Gasteiger partial charge >= 0.3 is 5.97 Å². The minimum absolute atomic E-state index is 0.246. The molecule has 0 saturated heterocycles. The lowest BCUT2D eigenvalue weighted by Gasteiger charge is -2.09. The summed E-state index contributed by atoms with van der Waals surface area (Å²) < 4.78 is 16.5. The molecule has 0 fully saturated rings. The zero-order valence-electron chi connectivity index (χ0n) is 13.0. The summed E-state index contributed by atoms with van der Waals surface area (Å²) in [5.41, 5.74) is 0.246. The summed E-state index contributed by atoms with van der Waals surface area (Å²) in [7, 11) is 0. The summed E-state index contributed by atoms with van der Waals surface area (Å²) in [6.07, 6.45) is 0.730. The van der Waals surface area contributed by atoms with E-state index in [9.17, 15) is 4.79 Å². The topological polar surface area (TPSA) is 65.0 Å². The Balaban J connectivity index is 1.66. The Hall–Kier alpha value is -2.69. The van der Waals surface area contributed by atoms with E-state index in [4.69, 9.17) is 19.3 Å². The van der Waals surface area contributed by atoms with E-state index < -0.39 is 5.97 Å². The molecule has 5 heteroatoms. The first-order chi connectivity index (χ1) is 11.2. The first-order valence-electron chi connectivity index (χ1n) is 7.51. The van der Waals surface area contributed by atoms with Crippen LogP contribution in [-0.2, 0) is 0 Å². The van der Waals surface area contributed by atoms with E-state index in [1.165, 1.54) is 12.1 Å². The molecule has 0 aliphatic carbocycles. The number of ether oxygens (including phenoxy) is 3. The first kappa shape index (κ1) is 16.7. The lowest BCUT2D eigenvalue weighted by atomic mass is 10.2. The quantitative estimate of drug-likeness (QED) is 0.716. The highest BCUT2D eigenvalue weighted by Crippen LogP contribution is 2.17. The van der Waals surface area contributed by atoms with Gasteiger partial charge < -0.3 is 19.3 Å². The van der Waals surface area contributed by atoms with E-state index in [2.05, 4.69) is 0 Å². The molecular weight excluding hydrogens is 296 g/mol. The van der Waals surface area contributed by atoms with Crippen molar-refractivity contribution in [2.75, 3.05) is 19.8 Å². The van der Waals surface area contributed by atoms with Crippen molar-refractivity contribution in [3.63, 3.8) is 0 Å². The second kappa shape index (κ2) is 8.68. The third-order valence-corrected chi connectivity index (χ3v) is 3.06. The molecule has 2 aromatic carbocycles. The predicted octanol–water partition coefficient (Wildman–Crippen LogP) is 3.63. The van der Waals surface area contributed by atoms with E-state index in [1.807, 2.05) is 31.2 Å². The second-order valence-electron chi connectivity index (χ2n) is 4.78. The number of benzene rings is 2. The van der Waals surface area contributed by atoms with Crippen LogP contribution in [0, 0.1) is 0 Å². The fourth-order valence-corrected chi connectivity index (χ4v) is 1.93. The minimum Gasteiger partial charge on any atom is -0.494 e. The number of carboxylic acid groups (broad SMARTS) is 1. The van der Waals surface area contributed by atoms with Gasteiger partial charge in [0.15, 0.2) is 0 Å². The van der Waals surface area contributed by atoms with Gasteiger partial charge in [-0.1, -0.05) is 0 Å². The van der Waals surface area contributed by atoms with Crippen molar-refractivity contribution in [1.82, 2.24) is 0 Å². The van der Waals surface area contributed by atoms with Gasteiger partial charge in [-0.3, -0.25) is 0 Å². The molecule has 0 spiro atoms. The van der Waals surface area contributed by atoms with Gasteiger partial charge in [-0.05, 0) is 55.5 Å². The third kappa shape index (κ3) is 5.54. The van der Waals surface area contributed by atoms with Crippen LogP contribution in [0.4, 0.5) is 0 Å². The molecule has 2 aromatic rings. The van der Waals surface area contributed by atoms with Crippen LogP contribution in [0.15, 0.2) is 48.5 Å². The maximum Gasteiger partial charge on any atom is 0.335 e. The summed E-state index contributed by atoms with van der Waals surface area (Å²) >= 11 is 0. The molecule has 0 unspecified atom stereocenters. The Kier molecular flexibility index (Phi) is 6.29. The van der Waals surface area contributed by atoms with Gasteiger partial charge in [0.2, 0.25) is 0 Å². The molecule has 122 valence electrons. The van der Waals surface area contributed by atoms with Gasteiger partial charge in [-0.25, -0.2) is 4.79 Å². The molecule has 0 radical (unpaired) electrons. The molecule has 0 amide bonds. The highest BCUT2D eigenvalue weighted by atomic mass is 16.5. The summed E-state index contributed by atoms with van der Waals surface area (Å²) in [5, 5.41) is 8.81. The molecule has 5 nitrogen and oxygen atoms in total. The Bertz CT molecular complexity index is 604. The maximum absolute atomic E-state index is 10.7. The SMILES string of the molecule is CCOc1ccc(OCCCOc2ccc(C(=O)O)cc2)cc1. The van der Waals surface area contributed by atoms with Crippen LogP contribution >= 0.6 is 0 Å². The Morgan fingerprint density at radius 1 is 0.826 bits per heavy atom. The van der Waals surface area contributed by atoms with Crippen molar-refractivity contribution < 1.29 is 24.1 Å². The number of carbonyl (C=O) groups is 1. The molecule has 0 aromatic heterocycles. The number of hydrogen-bond donors (Lipinski definition) is 1. The predicted molar refractivity (Wildman–Crippen MR) is 86.6 cm³/mol. The lowest BCUT2D eigenvalue weighted by Crippen LogP contribution is -2.05. The number of carboxylic acids is 1. The van der Waals surface area contributed by atoms with Crippen LogP contribution < -0.4 is 14.2 Å². The van der Waals surface area contributed by atoms with E-state index in [0.717, 1.165) is 17.9 Å². The van der Waals surface area contributed by atoms with Gasteiger partial charge in [0.25, 0.3) is 0 Å². The van der Waals surface area contributed by atoms with Crippen molar-refractivity contribution >= 4 is 5.97 Å². The maximum atomic E-state index is 10.7. The average Bonchev–Trinajstić information content (AvgIpc) is 2.57. The molecule has 2 rings (SSSR count). The van der Waals surface area contributed by atoms with Crippen molar-refractivity contribution in [3.8, 4) is 17.2 Å². The van der Waals surface area contributed by atoms with Crippen LogP contribution in [0.1, 0.15) is 23.7 Å². The van der Waals surface area contributed by atoms with Crippen LogP contribution in [-0.4, -0.2) is 30.9 Å². The van der Waals surface area contributed by atoms with Crippen molar-refractivity contribution in [1.29, 1.82) is 0 Å². The van der Waals surface area contributed by atoms with Gasteiger partial charge in [0.05, 0.1) is 25.4 Å². The zero-order chi connectivity index (χ0) is 16.5. The first-order valence-corrected chi connectivity index (χ1v) is 7.51. The molecule has 23 heavy (non-hydrogen) atoms. The Morgan fingerprint density at radius 3 is 1.70 bits per heavy atom.